The Hall–Kier alpha value is -2.30. The maximum absolute atomic E-state index is 11.7. The average Bonchev–Trinajstić information content (AvgIpc) is 2.91. The average molecular weight is 258 g/mol. The van der Waals surface area contributed by atoms with E-state index in [9.17, 15) is 4.79 Å². The normalized spacial score (nSPS) is 10.3. The predicted molar refractivity (Wildman–Crippen MR) is 74.5 cm³/mol. The third kappa shape index (κ3) is 4.46. The Morgan fingerprint density at radius 1 is 1.26 bits per heavy atom. The predicted octanol–water partition coefficient (Wildman–Crippen LogP) is 1.28. The second-order valence-electron chi connectivity index (χ2n) is 4.42. The van der Waals surface area contributed by atoms with Gasteiger partial charge in [0.2, 0.25) is 5.91 Å². The van der Waals surface area contributed by atoms with Crippen LogP contribution in [0.4, 0.5) is 5.69 Å². The maximum Gasteiger partial charge on any atom is 0.220 e. The molecular weight excluding hydrogens is 240 g/mol. The number of hydrogen-bond acceptors (Lipinski definition) is 3. The first-order valence-electron chi connectivity index (χ1n) is 6.32. The molecule has 100 valence electrons. The second kappa shape index (κ2) is 6.58. The largest absolute Gasteiger partial charge is 0.399 e. The highest BCUT2D eigenvalue weighted by Crippen LogP contribution is 2.07. The van der Waals surface area contributed by atoms with E-state index in [1.807, 2.05) is 24.3 Å². The first-order chi connectivity index (χ1) is 9.24. The Balaban J connectivity index is 1.65. The molecule has 0 fully saturated rings. The van der Waals surface area contributed by atoms with Gasteiger partial charge in [-0.2, -0.15) is 0 Å². The number of carbonyl (C=O) groups is 1. The Labute approximate surface area is 112 Å². The first-order valence-corrected chi connectivity index (χ1v) is 6.32. The van der Waals surface area contributed by atoms with Gasteiger partial charge in [-0.15, -0.1) is 0 Å². The Bertz CT molecular complexity index is 505. The summed E-state index contributed by atoms with van der Waals surface area (Å²) in [6.45, 7) is 0.628. The maximum atomic E-state index is 11.7. The Kier molecular flexibility index (Phi) is 4.55. The number of hydrogen-bond donors (Lipinski definition) is 3. The molecule has 0 aliphatic carbocycles. The zero-order valence-corrected chi connectivity index (χ0v) is 10.7. The van der Waals surface area contributed by atoms with Crippen molar-refractivity contribution in [1.29, 1.82) is 0 Å². The van der Waals surface area contributed by atoms with Crippen molar-refractivity contribution in [2.75, 3.05) is 12.3 Å². The van der Waals surface area contributed by atoms with Gasteiger partial charge in [-0.1, -0.05) is 12.1 Å². The van der Waals surface area contributed by atoms with Crippen LogP contribution in [0.3, 0.4) is 0 Å². The van der Waals surface area contributed by atoms with E-state index in [1.165, 1.54) is 0 Å². The van der Waals surface area contributed by atoms with Crippen molar-refractivity contribution < 1.29 is 4.79 Å². The van der Waals surface area contributed by atoms with Crippen LogP contribution >= 0.6 is 0 Å². The molecule has 0 aliphatic heterocycles. The molecule has 2 aromatic rings. The van der Waals surface area contributed by atoms with Gasteiger partial charge in [0.25, 0.3) is 0 Å². The molecule has 0 aliphatic rings. The quantitative estimate of drug-likeness (QED) is 0.682. The lowest BCUT2D eigenvalue weighted by atomic mass is 10.1. The fourth-order valence-corrected chi connectivity index (χ4v) is 1.79. The van der Waals surface area contributed by atoms with E-state index < -0.39 is 0 Å². The highest BCUT2D eigenvalue weighted by Gasteiger charge is 2.02. The van der Waals surface area contributed by atoms with Crippen molar-refractivity contribution in [2.45, 2.75) is 19.3 Å². The number of imidazole rings is 1. The minimum Gasteiger partial charge on any atom is -0.399 e. The molecule has 0 bridgehead atoms. The summed E-state index contributed by atoms with van der Waals surface area (Å²) in [7, 11) is 0. The van der Waals surface area contributed by atoms with Gasteiger partial charge in [0.15, 0.2) is 0 Å². The molecule has 0 saturated carbocycles. The number of aryl methyl sites for hydroxylation is 1. The molecule has 0 unspecified atom stereocenters. The molecule has 0 spiro atoms. The summed E-state index contributed by atoms with van der Waals surface area (Å²) in [6, 6.07) is 7.61. The number of amides is 1. The lowest BCUT2D eigenvalue weighted by molar-refractivity contribution is -0.121. The second-order valence-corrected chi connectivity index (χ2v) is 4.42. The van der Waals surface area contributed by atoms with Gasteiger partial charge in [0.05, 0.1) is 6.33 Å². The van der Waals surface area contributed by atoms with Gasteiger partial charge >= 0.3 is 0 Å². The van der Waals surface area contributed by atoms with E-state index in [-0.39, 0.29) is 5.91 Å². The Morgan fingerprint density at radius 2 is 2.05 bits per heavy atom. The van der Waals surface area contributed by atoms with Crippen LogP contribution in [0.1, 0.15) is 17.7 Å². The highest BCUT2D eigenvalue weighted by atomic mass is 16.1. The molecule has 1 heterocycles. The number of nitrogens with two attached hydrogens (primary N) is 1. The van der Waals surface area contributed by atoms with E-state index in [2.05, 4.69) is 15.3 Å². The van der Waals surface area contributed by atoms with Crippen LogP contribution in [0.15, 0.2) is 36.8 Å². The highest BCUT2D eigenvalue weighted by molar-refractivity contribution is 5.76. The van der Waals surface area contributed by atoms with E-state index in [4.69, 9.17) is 5.73 Å². The summed E-state index contributed by atoms with van der Waals surface area (Å²) in [5.74, 6) is 0.0661. The lowest BCUT2D eigenvalue weighted by Crippen LogP contribution is -2.25. The number of rotatable bonds is 6. The van der Waals surface area contributed by atoms with Crippen LogP contribution in [0.5, 0.6) is 0 Å². The molecule has 1 aromatic carbocycles. The van der Waals surface area contributed by atoms with E-state index in [0.29, 0.717) is 13.0 Å². The van der Waals surface area contributed by atoms with Gasteiger partial charge in [0.1, 0.15) is 0 Å². The SMILES string of the molecule is Nc1ccc(CCC(=O)NCCc2cnc[nH]2)cc1. The fraction of sp³-hybridized carbons (Fsp3) is 0.286. The number of H-pyrrole nitrogens is 1. The minimum absolute atomic E-state index is 0.0661. The van der Waals surface area contributed by atoms with Gasteiger partial charge in [0, 0.05) is 37.0 Å². The summed E-state index contributed by atoms with van der Waals surface area (Å²) in [4.78, 5) is 18.6. The van der Waals surface area contributed by atoms with Crippen molar-refractivity contribution in [3.8, 4) is 0 Å². The number of benzene rings is 1. The van der Waals surface area contributed by atoms with Crippen molar-refractivity contribution in [1.82, 2.24) is 15.3 Å². The molecule has 5 nitrogen and oxygen atoms in total. The van der Waals surface area contributed by atoms with Gasteiger partial charge in [-0.3, -0.25) is 4.79 Å². The van der Waals surface area contributed by atoms with Crippen molar-refractivity contribution in [3.05, 3.63) is 48.0 Å². The monoisotopic (exact) mass is 258 g/mol. The van der Waals surface area contributed by atoms with Gasteiger partial charge in [-0.05, 0) is 24.1 Å². The zero-order chi connectivity index (χ0) is 13.5. The lowest BCUT2D eigenvalue weighted by Gasteiger charge is -2.04. The van der Waals surface area contributed by atoms with Crippen molar-refractivity contribution >= 4 is 11.6 Å². The molecule has 1 amide bonds. The minimum atomic E-state index is 0.0661. The molecule has 0 radical (unpaired) electrons. The number of nitrogens with zero attached hydrogens (tertiary/aromatic N) is 1. The van der Waals surface area contributed by atoms with Crippen LogP contribution in [-0.4, -0.2) is 22.4 Å². The van der Waals surface area contributed by atoms with Gasteiger partial charge in [-0.25, -0.2) is 4.98 Å². The molecule has 0 atom stereocenters. The number of anilines is 1. The third-order valence-electron chi connectivity index (χ3n) is 2.89. The summed E-state index contributed by atoms with van der Waals surface area (Å²) in [6.07, 6.45) is 5.40. The molecule has 4 N–H and O–H groups in total. The van der Waals surface area contributed by atoms with E-state index in [1.54, 1.807) is 12.5 Å². The van der Waals surface area contributed by atoms with Crippen LogP contribution in [0.2, 0.25) is 0 Å². The molecule has 2 rings (SSSR count). The molecule has 5 heteroatoms. The number of aromatic amines is 1. The van der Waals surface area contributed by atoms with Crippen LogP contribution in [0, 0.1) is 0 Å². The fourth-order valence-electron chi connectivity index (χ4n) is 1.79. The number of aromatic nitrogens is 2. The van der Waals surface area contributed by atoms with Crippen LogP contribution < -0.4 is 11.1 Å². The smallest absolute Gasteiger partial charge is 0.220 e. The third-order valence-corrected chi connectivity index (χ3v) is 2.89. The summed E-state index contributed by atoms with van der Waals surface area (Å²) in [5.41, 5.74) is 8.50. The zero-order valence-electron chi connectivity index (χ0n) is 10.7. The molecular formula is C14H18N4O. The summed E-state index contributed by atoms with van der Waals surface area (Å²) < 4.78 is 0. The standard InChI is InChI=1S/C14H18N4O/c15-12-4-1-11(2-5-12)3-6-14(19)17-8-7-13-9-16-10-18-13/h1-2,4-5,9-10H,3,6-8,15H2,(H,16,18)(H,17,19). The van der Waals surface area contributed by atoms with Gasteiger partial charge < -0.3 is 16.0 Å². The molecule has 19 heavy (non-hydrogen) atoms. The van der Waals surface area contributed by atoms with E-state index in [0.717, 1.165) is 29.8 Å². The Morgan fingerprint density at radius 3 is 2.74 bits per heavy atom. The van der Waals surface area contributed by atoms with Crippen LogP contribution in [0.25, 0.3) is 0 Å². The summed E-state index contributed by atoms with van der Waals surface area (Å²) >= 11 is 0. The molecule has 1 aromatic heterocycles. The van der Waals surface area contributed by atoms with Crippen molar-refractivity contribution in [2.24, 2.45) is 0 Å². The first kappa shape index (κ1) is 13.1. The summed E-state index contributed by atoms with van der Waals surface area (Å²) in [5, 5.41) is 2.89. The topological polar surface area (TPSA) is 83.8 Å². The number of carbonyl (C=O) groups excluding carboxylic acids is 1. The van der Waals surface area contributed by atoms with Crippen molar-refractivity contribution in [3.63, 3.8) is 0 Å². The molecule has 0 saturated heterocycles. The number of nitrogens with one attached hydrogen (secondary N) is 2. The number of nitrogen functional groups attached to an aromatic ring is 1. The van der Waals surface area contributed by atoms with Crippen LogP contribution in [-0.2, 0) is 17.6 Å². The van der Waals surface area contributed by atoms with E-state index >= 15 is 0 Å².